The van der Waals surface area contributed by atoms with Crippen LogP contribution in [-0.2, 0) is 21.0 Å². The second kappa shape index (κ2) is 10.2. The molecule has 0 radical (unpaired) electrons. The molecule has 4 rings (SSSR count). The highest BCUT2D eigenvalue weighted by atomic mass is 32.1. The molecule has 1 aromatic heterocycles. The lowest BCUT2D eigenvalue weighted by Gasteiger charge is -2.28. The molecule has 1 saturated heterocycles. The molecule has 1 fully saturated rings. The molecular weight excluding hydrogens is 422 g/mol. The van der Waals surface area contributed by atoms with Crippen molar-refractivity contribution in [2.45, 2.75) is 24.9 Å². The van der Waals surface area contributed by atoms with E-state index in [4.69, 9.17) is 4.84 Å². The van der Waals surface area contributed by atoms with E-state index in [0.29, 0.717) is 18.7 Å². The lowest BCUT2D eigenvalue weighted by Crippen LogP contribution is -2.47. The molecule has 0 bridgehead atoms. The van der Waals surface area contributed by atoms with Gasteiger partial charge in [-0.1, -0.05) is 71.9 Å². The molecule has 2 heterocycles. The van der Waals surface area contributed by atoms with E-state index in [-0.39, 0.29) is 18.4 Å². The topological polar surface area (TPSA) is 71.0 Å². The molecule has 1 aliphatic rings. The molecule has 3 aromatic rings. The minimum absolute atomic E-state index is 0.125. The Labute approximate surface area is 191 Å². The number of carbonyl (C=O) groups excluding carboxylic acids is 2. The van der Waals surface area contributed by atoms with Crippen molar-refractivity contribution in [2.24, 2.45) is 5.16 Å². The fourth-order valence-electron chi connectivity index (χ4n) is 4.01. The fraction of sp³-hybridized carbons (Fsp3) is 0.240. The van der Waals surface area contributed by atoms with Crippen molar-refractivity contribution in [3.8, 4) is 0 Å². The molecule has 6 nitrogen and oxygen atoms in total. The average Bonchev–Trinajstić information content (AvgIpc) is 3.50. The Hall–Kier alpha value is -3.45. The van der Waals surface area contributed by atoms with Crippen molar-refractivity contribution < 1.29 is 14.4 Å². The lowest BCUT2D eigenvalue weighted by atomic mass is 9.90. The number of benzene rings is 2. The van der Waals surface area contributed by atoms with E-state index >= 15 is 0 Å². The molecule has 0 spiro atoms. The number of oxime groups is 1. The minimum atomic E-state index is -0.633. The van der Waals surface area contributed by atoms with Gasteiger partial charge < -0.3 is 15.1 Å². The highest BCUT2D eigenvalue weighted by molar-refractivity contribution is 7.09. The molecule has 2 aromatic carbocycles. The summed E-state index contributed by atoms with van der Waals surface area (Å²) in [5, 5.41) is 9.00. The maximum atomic E-state index is 13.9. The second-order valence-corrected chi connectivity index (χ2v) is 8.61. The van der Waals surface area contributed by atoms with Crippen LogP contribution in [0.5, 0.6) is 0 Å². The van der Waals surface area contributed by atoms with Crippen LogP contribution in [0.2, 0.25) is 0 Å². The predicted octanol–water partition coefficient (Wildman–Crippen LogP) is 3.80. The summed E-state index contributed by atoms with van der Waals surface area (Å²) in [6.45, 7) is 0.701. The number of carbonyl (C=O) groups is 2. The summed E-state index contributed by atoms with van der Waals surface area (Å²) in [7, 11) is 1.47. The van der Waals surface area contributed by atoms with Crippen LogP contribution in [0.4, 0.5) is 0 Å². The van der Waals surface area contributed by atoms with Crippen LogP contribution < -0.4 is 5.32 Å². The average molecular weight is 448 g/mol. The van der Waals surface area contributed by atoms with Gasteiger partial charge in [0.25, 0.3) is 0 Å². The Morgan fingerprint density at radius 1 is 1.06 bits per heavy atom. The maximum absolute atomic E-state index is 13.9. The third kappa shape index (κ3) is 4.89. The Morgan fingerprint density at radius 2 is 1.72 bits per heavy atom. The Balaban J connectivity index is 1.62. The largest absolute Gasteiger partial charge is 0.399 e. The number of hydrogen-bond donors (Lipinski definition) is 1. The number of likely N-dealkylation sites (tertiary alicyclic amines) is 1. The van der Waals surface area contributed by atoms with Gasteiger partial charge in [-0.15, -0.1) is 11.3 Å². The van der Waals surface area contributed by atoms with Gasteiger partial charge in [0.05, 0.1) is 24.7 Å². The van der Waals surface area contributed by atoms with E-state index in [1.165, 1.54) is 7.11 Å². The minimum Gasteiger partial charge on any atom is -0.399 e. The second-order valence-electron chi connectivity index (χ2n) is 7.58. The summed E-state index contributed by atoms with van der Waals surface area (Å²) in [6, 6.07) is 22.6. The van der Waals surface area contributed by atoms with E-state index in [1.807, 2.05) is 78.2 Å². The van der Waals surface area contributed by atoms with Gasteiger partial charge in [0.2, 0.25) is 11.8 Å². The molecule has 0 aliphatic carbocycles. The van der Waals surface area contributed by atoms with Crippen LogP contribution in [0.1, 0.15) is 28.3 Å². The highest BCUT2D eigenvalue weighted by Gasteiger charge is 2.41. The van der Waals surface area contributed by atoms with Crippen LogP contribution in [0, 0.1) is 0 Å². The van der Waals surface area contributed by atoms with E-state index in [0.717, 1.165) is 16.0 Å². The molecule has 1 N–H and O–H groups in total. The lowest BCUT2D eigenvalue weighted by molar-refractivity contribution is -0.138. The summed E-state index contributed by atoms with van der Waals surface area (Å²) in [5.41, 5.74) is 2.45. The van der Waals surface area contributed by atoms with Gasteiger partial charge in [0.15, 0.2) is 0 Å². The molecule has 164 valence electrons. The SMILES string of the molecule is CO/N=C1\CC(C(=O)NCc2cccs2)N(C(=O)C(c2ccccc2)c2ccccc2)C1. The van der Waals surface area contributed by atoms with Gasteiger partial charge in [-0.05, 0) is 22.6 Å². The van der Waals surface area contributed by atoms with Gasteiger partial charge in [0.1, 0.15) is 13.2 Å². The van der Waals surface area contributed by atoms with Crippen molar-refractivity contribution in [3.63, 3.8) is 0 Å². The number of amides is 2. The maximum Gasteiger partial charge on any atom is 0.243 e. The van der Waals surface area contributed by atoms with Gasteiger partial charge in [-0.3, -0.25) is 9.59 Å². The summed E-state index contributed by atoms with van der Waals surface area (Å²) in [4.78, 5) is 34.6. The van der Waals surface area contributed by atoms with Crippen LogP contribution in [0.25, 0.3) is 0 Å². The van der Waals surface area contributed by atoms with Crippen molar-refractivity contribution >= 4 is 28.9 Å². The van der Waals surface area contributed by atoms with Gasteiger partial charge in [-0.25, -0.2) is 0 Å². The third-order valence-corrected chi connectivity index (χ3v) is 6.37. The number of thiophene rings is 1. The van der Waals surface area contributed by atoms with E-state index in [1.54, 1.807) is 16.2 Å². The number of nitrogens with zero attached hydrogens (tertiary/aromatic N) is 2. The van der Waals surface area contributed by atoms with Gasteiger partial charge in [0, 0.05) is 11.3 Å². The number of hydrogen-bond acceptors (Lipinski definition) is 5. The van der Waals surface area contributed by atoms with Crippen LogP contribution in [0.3, 0.4) is 0 Å². The first-order valence-electron chi connectivity index (χ1n) is 10.5. The van der Waals surface area contributed by atoms with E-state index < -0.39 is 12.0 Å². The Bertz CT molecular complexity index is 1030. The van der Waals surface area contributed by atoms with Gasteiger partial charge in [-0.2, -0.15) is 0 Å². The molecule has 1 atom stereocenters. The Kier molecular flexibility index (Phi) is 6.97. The molecule has 0 saturated carbocycles. The monoisotopic (exact) mass is 447 g/mol. The summed E-state index contributed by atoms with van der Waals surface area (Å²) in [6.07, 6.45) is 0.353. The van der Waals surface area contributed by atoms with Crippen molar-refractivity contribution in [1.29, 1.82) is 0 Å². The standard InChI is InChI=1S/C25H25N3O3S/c1-31-27-20-15-22(24(29)26-16-21-13-8-14-32-21)28(17-20)25(30)23(18-9-4-2-5-10-18)19-11-6-3-7-12-19/h2-14,22-23H,15-17H2,1H3,(H,26,29)/b27-20+. The zero-order valence-electron chi connectivity index (χ0n) is 17.8. The normalized spacial score (nSPS) is 17.0. The molecule has 32 heavy (non-hydrogen) atoms. The van der Waals surface area contributed by atoms with Crippen molar-refractivity contribution in [3.05, 3.63) is 94.2 Å². The summed E-state index contributed by atoms with van der Waals surface area (Å²) >= 11 is 1.58. The Morgan fingerprint density at radius 3 is 2.28 bits per heavy atom. The summed E-state index contributed by atoms with van der Waals surface area (Å²) in [5.74, 6) is -0.820. The molecule has 1 unspecified atom stereocenters. The fourth-order valence-corrected chi connectivity index (χ4v) is 4.65. The zero-order chi connectivity index (χ0) is 22.3. The van der Waals surface area contributed by atoms with Crippen molar-refractivity contribution in [2.75, 3.05) is 13.7 Å². The number of rotatable bonds is 7. The molecule has 7 heteroatoms. The highest BCUT2D eigenvalue weighted by Crippen LogP contribution is 2.30. The smallest absolute Gasteiger partial charge is 0.243 e. The van der Waals surface area contributed by atoms with Crippen LogP contribution in [0.15, 0.2) is 83.3 Å². The van der Waals surface area contributed by atoms with E-state index in [2.05, 4.69) is 10.5 Å². The van der Waals surface area contributed by atoms with Crippen LogP contribution in [-0.4, -0.2) is 42.1 Å². The summed E-state index contributed by atoms with van der Waals surface area (Å²) < 4.78 is 0. The third-order valence-electron chi connectivity index (χ3n) is 5.49. The quantitative estimate of drug-likeness (QED) is 0.560. The molecular formula is C25H25N3O3S. The molecule has 2 amide bonds. The van der Waals surface area contributed by atoms with Crippen LogP contribution >= 0.6 is 11.3 Å². The van der Waals surface area contributed by atoms with E-state index in [9.17, 15) is 9.59 Å². The van der Waals surface area contributed by atoms with Crippen molar-refractivity contribution in [1.82, 2.24) is 10.2 Å². The number of nitrogens with one attached hydrogen (secondary N) is 1. The first-order valence-corrected chi connectivity index (χ1v) is 11.3. The first-order chi connectivity index (χ1) is 15.7. The zero-order valence-corrected chi connectivity index (χ0v) is 18.6. The molecule has 1 aliphatic heterocycles. The first kappa shape index (κ1) is 21.8. The predicted molar refractivity (Wildman–Crippen MR) is 125 cm³/mol. The van der Waals surface area contributed by atoms with Gasteiger partial charge >= 0.3 is 0 Å².